The Morgan fingerprint density at radius 3 is 2.10 bits per heavy atom. The van der Waals surface area contributed by atoms with Crippen molar-refractivity contribution in [1.82, 2.24) is 0 Å². The summed E-state index contributed by atoms with van der Waals surface area (Å²) >= 11 is 6.17. The molecule has 0 fully saturated rings. The number of aryl methyl sites for hydroxylation is 2. The summed E-state index contributed by atoms with van der Waals surface area (Å²) in [6.07, 6.45) is 0. The van der Waals surface area contributed by atoms with Crippen molar-refractivity contribution in [2.45, 2.75) is 20.4 Å². The van der Waals surface area contributed by atoms with E-state index in [2.05, 4.69) is 37.4 Å². The highest BCUT2D eigenvalue weighted by atomic mass is 35.5. The standard InChI is InChI=1S/C17H20ClNO2/c1-11-5-12(2)7-13(6-11)10-19-15-8-14(18)16(20-3)9-17(15)21-4/h5-9,19H,10H2,1-4H3. The molecule has 0 radical (unpaired) electrons. The van der Waals surface area contributed by atoms with Gasteiger partial charge in [-0.05, 0) is 25.5 Å². The fraction of sp³-hybridized carbons (Fsp3) is 0.294. The number of ether oxygens (including phenoxy) is 2. The number of methoxy groups -OCH3 is 2. The lowest BCUT2D eigenvalue weighted by Crippen LogP contribution is -2.02. The number of hydrogen-bond acceptors (Lipinski definition) is 3. The zero-order valence-corrected chi connectivity index (χ0v) is 13.5. The van der Waals surface area contributed by atoms with Crippen LogP contribution in [0.4, 0.5) is 5.69 Å². The van der Waals surface area contributed by atoms with Gasteiger partial charge in [0.15, 0.2) is 0 Å². The highest BCUT2D eigenvalue weighted by Crippen LogP contribution is 2.36. The van der Waals surface area contributed by atoms with Gasteiger partial charge in [0.2, 0.25) is 0 Å². The molecule has 0 spiro atoms. The molecule has 2 rings (SSSR count). The first-order valence-electron chi connectivity index (χ1n) is 6.76. The van der Waals surface area contributed by atoms with E-state index in [9.17, 15) is 0 Å². The first-order valence-corrected chi connectivity index (χ1v) is 7.14. The minimum Gasteiger partial charge on any atom is -0.495 e. The molecule has 0 aliphatic rings. The molecule has 2 aromatic rings. The topological polar surface area (TPSA) is 30.5 Å². The second-order valence-corrected chi connectivity index (χ2v) is 5.44. The fourth-order valence-electron chi connectivity index (χ4n) is 2.37. The van der Waals surface area contributed by atoms with Crippen LogP contribution in [0.1, 0.15) is 16.7 Å². The average Bonchev–Trinajstić information content (AvgIpc) is 2.44. The van der Waals surface area contributed by atoms with Crippen LogP contribution >= 0.6 is 11.6 Å². The second-order valence-electron chi connectivity index (χ2n) is 5.04. The van der Waals surface area contributed by atoms with E-state index in [4.69, 9.17) is 21.1 Å². The molecule has 0 aliphatic heterocycles. The molecule has 0 heterocycles. The molecule has 2 aromatic carbocycles. The molecule has 0 bridgehead atoms. The monoisotopic (exact) mass is 305 g/mol. The Morgan fingerprint density at radius 2 is 1.52 bits per heavy atom. The van der Waals surface area contributed by atoms with Gasteiger partial charge in [-0.2, -0.15) is 0 Å². The van der Waals surface area contributed by atoms with Crippen LogP contribution in [-0.2, 0) is 6.54 Å². The first-order chi connectivity index (χ1) is 10.0. The van der Waals surface area contributed by atoms with Crippen molar-refractivity contribution in [3.63, 3.8) is 0 Å². The normalized spacial score (nSPS) is 10.3. The van der Waals surface area contributed by atoms with Gasteiger partial charge in [-0.1, -0.05) is 40.9 Å². The van der Waals surface area contributed by atoms with Crippen molar-refractivity contribution < 1.29 is 9.47 Å². The number of anilines is 1. The lowest BCUT2D eigenvalue weighted by molar-refractivity contribution is 0.395. The Kier molecular flexibility index (Phi) is 4.97. The van der Waals surface area contributed by atoms with Crippen LogP contribution in [0.5, 0.6) is 11.5 Å². The minimum absolute atomic E-state index is 0.557. The van der Waals surface area contributed by atoms with Gasteiger partial charge in [0.1, 0.15) is 11.5 Å². The number of nitrogens with one attached hydrogen (secondary N) is 1. The van der Waals surface area contributed by atoms with Gasteiger partial charge in [0.25, 0.3) is 0 Å². The van der Waals surface area contributed by atoms with E-state index < -0.39 is 0 Å². The van der Waals surface area contributed by atoms with Crippen LogP contribution in [0, 0.1) is 13.8 Å². The van der Waals surface area contributed by atoms with Crippen LogP contribution in [0.3, 0.4) is 0 Å². The molecular weight excluding hydrogens is 286 g/mol. The van der Waals surface area contributed by atoms with Crippen LogP contribution in [-0.4, -0.2) is 14.2 Å². The molecule has 21 heavy (non-hydrogen) atoms. The van der Waals surface area contributed by atoms with Crippen molar-refractivity contribution in [3.8, 4) is 11.5 Å². The second kappa shape index (κ2) is 6.72. The summed E-state index contributed by atoms with van der Waals surface area (Å²) in [5.41, 5.74) is 4.59. The van der Waals surface area contributed by atoms with Crippen molar-refractivity contribution in [2.24, 2.45) is 0 Å². The predicted molar refractivity (Wildman–Crippen MR) is 87.8 cm³/mol. The summed E-state index contributed by atoms with van der Waals surface area (Å²) < 4.78 is 10.6. The van der Waals surface area contributed by atoms with Gasteiger partial charge in [-0.15, -0.1) is 0 Å². The lowest BCUT2D eigenvalue weighted by Gasteiger charge is -2.14. The molecule has 4 heteroatoms. The molecule has 0 aliphatic carbocycles. The van der Waals surface area contributed by atoms with Gasteiger partial charge >= 0.3 is 0 Å². The van der Waals surface area contributed by atoms with Crippen molar-refractivity contribution in [3.05, 3.63) is 52.0 Å². The molecule has 3 nitrogen and oxygen atoms in total. The summed E-state index contributed by atoms with van der Waals surface area (Å²) in [5.74, 6) is 1.31. The Bertz CT molecular complexity index is 621. The Morgan fingerprint density at radius 1 is 0.905 bits per heavy atom. The van der Waals surface area contributed by atoms with Crippen LogP contribution in [0.15, 0.2) is 30.3 Å². The van der Waals surface area contributed by atoms with Crippen LogP contribution in [0.25, 0.3) is 0 Å². The smallest absolute Gasteiger partial charge is 0.145 e. The van der Waals surface area contributed by atoms with Gasteiger partial charge in [-0.25, -0.2) is 0 Å². The minimum atomic E-state index is 0.557. The van der Waals surface area contributed by atoms with Gasteiger partial charge < -0.3 is 14.8 Å². The maximum Gasteiger partial charge on any atom is 0.145 e. The van der Waals surface area contributed by atoms with E-state index in [-0.39, 0.29) is 0 Å². The molecule has 0 saturated heterocycles. The summed E-state index contributed by atoms with van der Waals surface area (Å²) in [6.45, 7) is 4.91. The molecular formula is C17H20ClNO2. The number of halogens is 1. The summed E-state index contributed by atoms with van der Waals surface area (Å²) in [7, 11) is 3.22. The maximum atomic E-state index is 6.17. The summed E-state index contributed by atoms with van der Waals surface area (Å²) in [6, 6.07) is 10.1. The van der Waals surface area contributed by atoms with E-state index >= 15 is 0 Å². The van der Waals surface area contributed by atoms with Crippen LogP contribution < -0.4 is 14.8 Å². The van der Waals surface area contributed by atoms with Gasteiger partial charge in [0.05, 0.1) is 24.9 Å². The SMILES string of the molecule is COc1cc(OC)c(NCc2cc(C)cc(C)c2)cc1Cl. The van der Waals surface area contributed by atoms with E-state index in [0.29, 0.717) is 23.1 Å². The number of benzene rings is 2. The quantitative estimate of drug-likeness (QED) is 0.876. The van der Waals surface area contributed by atoms with E-state index in [1.807, 2.05) is 6.07 Å². The zero-order valence-electron chi connectivity index (χ0n) is 12.8. The lowest BCUT2D eigenvalue weighted by atomic mass is 10.1. The molecule has 0 unspecified atom stereocenters. The van der Waals surface area contributed by atoms with Crippen molar-refractivity contribution >= 4 is 17.3 Å². The molecule has 0 atom stereocenters. The molecule has 0 amide bonds. The first kappa shape index (κ1) is 15.5. The predicted octanol–water partition coefficient (Wildman–Crippen LogP) is 4.59. The van der Waals surface area contributed by atoms with Crippen LogP contribution in [0.2, 0.25) is 5.02 Å². The molecule has 0 aromatic heterocycles. The molecule has 0 saturated carbocycles. The van der Waals surface area contributed by atoms with Gasteiger partial charge in [0, 0.05) is 12.6 Å². The average molecular weight is 306 g/mol. The Labute approximate surface area is 130 Å². The van der Waals surface area contributed by atoms with Crippen molar-refractivity contribution in [2.75, 3.05) is 19.5 Å². The summed E-state index contributed by atoms with van der Waals surface area (Å²) in [4.78, 5) is 0. The Hall–Kier alpha value is -1.87. The maximum absolute atomic E-state index is 6.17. The highest BCUT2D eigenvalue weighted by Gasteiger charge is 2.09. The number of rotatable bonds is 5. The summed E-state index contributed by atoms with van der Waals surface area (Å²) in [5, 5.41) is 3.92. The van der Waals surface area contributed by atoms with Gasteiger partial charge in [-0.3, -0.25) is 0 Å². The fourth-order valence-corrected chi connectivity index (χ4v) is 2.61. The third kappa shape index (κ3) is 3.82. The van der Waals surface area contributed by atoms with Crippen molar-refractivity contribution in [1.29, 1.82) is 0 Å². The Balaban J connectivity index is 2.21. The zero-order chi connectivity index (χ0) is 15.4. The third-order valence-corrected chi connectivity index (χ3v) is 3.53. The third-order valence-electron chi connectivity index (χ3n) is 3.24. The largest absolute Gasteiger partial charge is 0.495 e. The van der Waals surface area contributed by atoms with E-state index in [0.717, 1.165) is 5.69 Å². The number of hydrogen-bond donors (Lipinski definition) is 1. The van der Waals surface area contributed by atoms with E-state index in [1.165, 1.54) is 16.7 Å². The van der Waals surface area contributed by atoms with E-state index in [1.54, 1.807) is 20.3 Å². The highest BCUT2D eigenvalue weighted by molar-refractivity contribution is 6.32. The molecule has 112 valence electrons. The molecule has 1 N–H and O–H groups in total.